The summed E-state index contributed by atoms with van der Waals surface area (Å²) in [6.07, 6.45) is 12.1. The molecule has 0 unspecified atom stereocenters. The van der Waals surface area contributed by atoms with Crippen LogP contribution in [-0.2, 0) is 9.59 Å². The van der Waals surface area contributed by atoms with Gasteiger partial charge in [0.1, 0.15) is 0 Å². The van der Waals surface area contributed by atoms with Gasteiger partial charge in [-0.25, -0.2) is 9.59 Å². The van der Waals surface area contributed by atoms with Gasteiger partial charge in [0, 0.05) is 19.6 Å². The molecule has 1 aliphatic heterocycles. The average molecular weight is 390 g/mol. The van der Waals surface area contributed by atoms with Crippen LogP contribution in [-0.4, -0.2) is 64.9 Å². The number of rotatable bonds is 10. The van der Waals surface area contributed by atoms with Crippen LogP contribution < -0.4 is 10.6 Å². The van der Waals surface area contributed by atoms with Gasteiger partial charge in [-0.1, -0.05) is 45.4 Å². The summed E-state index contributed by atoms with van der Waals surface area (Å²) in [5.74, 6) is -3.65. The summed E-state index contributed by atoms with van der Waals surface area (Å²) in [6.45, 7) is 7.90. The number of hydrogen-bond acceptors (Lipinski definition) is 4. The average Bonchev–Trinajstić information content (AvgIpc) is 2.62. The van der Waals surface area contributed by atoms with Gasteiger partial charge in [0.05, 0.1) is 0 Å². The molecule has 1 heterocycles. The minimum absolute atomic E-state index is 0.829. The normalized spacial score (nSPS) is 14.0. The number of piperidine rings is 1. The third-order valence-corrected chi connectivity index (χ3v) is 4.45. The summed E-state index contributed by atoms with van der Waals surface area (Å²) in [7, 11) is 0. The molecular formula is C18H35N3O4S. The van der Waals surface area contributed by atoms with Crippen molar-refractivity contribution in [3.63, 3.8) is 0 Å². The van der Waals surface area contributed by atoms with Crippen LogP contribution in [0.1, 0.15) is 64.7 Å². The van der Waals surface area contributed by atoms with Crippen molar-refractivity contribution in [2.75, 3.05) is 32.7 Å². The van der Waals surface area contributed by atoms with E-state index in [1.54, 1.807) is 0 Å². The molecule has 0 amide bonds. The van der Waals surface area contributed by atoms with E-state index in [4.69, 9.17) is 32.0 Å². The topological polar surface area (TPSA) is 102 Å². The van der Waals surface area contributed by atoms with E-state index in [9.17, 15) is 0 Å². The molecule has 0 bridgehead atoms. The number of nitrogens with one attached hydrogen (secondary N) is 2. The van der Waals surface area contributed by atoms with Gasteiger partial charge < -0.3 is 25.7 Å². The largest absolute Gasteiger partial charge is 0.473 e. The van der Waals surface area contributed by atoms with Crippen molar-refractivity contribution >= 4 is 29.3 Å². The van der Waals surface area contributed by atoms with Crippen LogP contribution in [0.15, 0.2) is 0 Å². The second-order valence-corrected chi connectivity index (χ2v) is 6.87. The molecule has 152 valence electrons. The van der Waals surface area contributed by atoms with Crippen molar-refractivity contribution in [3.05, 3.63) is 0 Å². The summed E-state index contributed by atoms with van der Waals surface area (Å²) in [6, 6.07) is 0. The third-order valence-electron chi connectivity index (χ3n) is 4.16. The van der Waals surface area contributed by atoms with Crippen molar-refractivity contribution < 1.29 is 19.8 Å². The first kappa shape index (κ1) is 24.6. The molecule has 0 radical (unpaired) electrons. The number of hydrogen-bond donors (Lipinski definition) is 4. The van der Waals surface area contributed by atoms with Gasteiger partial charge in [0.25, 0.3) is 0 Å². The lowest BCUT2D eigenvalue weighted by molar-refractivity contribution is -0.159. The number of carboxylic acids is 2. The smallest absolute Gasteiger partial charge is 0.414 e. The Hall–Kier alpha value is -1.41. The van der Waals surface area contributed by atoms with Crippen molar-refractivity contribution in [3.8, 4) is 0 Å². The van der Waals surface area contributed by atoms with Crippen LogP contribution in [0, 0.1) is 0 Å². The number of aliphatic carboxylic acids is 2. The summed E-state index contributed by atoms with van der Waals surface area (Å²) >= 11 is 5.30. The van der Waals surface area contributed by atoms with E-state index in [0.717, 1.165) is 24.7 Å². The van der Waals surface area contributed by atoms with Gasteiger partial charge in [-0.05, 0) is 44.6 Å². The maximum absolute atomic E-state index is 9.10. The number of thiocarbonyl (C=S) groups is 1. The zero-order chi connectivity index (χ0) is 19.6. The Bertz CT molecular complexity index is 390. The van der Waals surface area contributed by atoms with E-state index >= 15 is 0 Å². The van der Waals surface area contributed by atoms with E-state index in [1.165, 1.54) is 70.9 Å². The van der Waals surface area contributed by atoms with E-state index in [0.29, 0.717) is 0 Å². The van der Waals surface area contributed by atoms with Gasteiger partial charge in [0.15, 0.2) is 5.11 Å². The van der Waals surface area contributed by atoms with E-state index < -0.39 is 11.9 Å². The van der Waals surface area contributed by atoms with Crippen LogP contribution in [0.5, 0.6) is 0 Å². The predicted molar refractivity (Wildman–Crippen MR) is 108 cm³/mol. The summed E-state index contributed by atoms with van der Waals surface area (Å²) < 4.78 is 0. The second kappa shape index (κ2) is 17.0. The van der Waals surface area contributed by atoms with Gasteiger partial charge >= 0.3 is 11.9 Å². The fourth-order valence-corrected chi connectivity index (χ4v) is 2.88. The molecule has 26 heavy (non-hydrogen) atoms. The zero-order valence-corrected chi connectivity index (χ0v) is 16.8. The van der Waals surface area contributed by atoms with Crippen LogP contribution in [0.25, 0.3) is 0 Å². The second-order valence-electron chi connectivity index (χ2n) is 6.46. The SMILES string of the molecule is CCCCCCCCNC(=S)NCCN1CCCCC1.O=C(O)C(=O)O. The minimum atomic E-state index is -1.82. The minimum Gasteiger partial charge on any atom is -0.473 e. The molecule has 0 aromatic rings. The molecule has 0 aliphatic carbocycles. The van der Waals surface area contributed by atoms with Crippen LogP contribution in [0.2, 0.25) is 0 Å². The highest BCUT2D eigenvalue weighted by Gasteiger charge is 2.09. The molecular weight excluding hydrogens is 354 g/mol. The van der Waals surface area contributed by atoms with Crippen molar-refractivity contribution in [1.29, 1.82) is 0 Å². The number of carboxylic acid groups (broad SMARTS) is 2. The summed E-state index contributed by atoms with van der Waals surface area (Å²) in [5.41, 5.74) is 0. The van der Waals surface area contributed by atoms with E-state index in [2.05, 4.69) is 22.5 Å². The highest BCUT2D eigenvalue weighted by Crippen LogP contribution is 2.07. The molecule has 4 N–H and O–H groups in total. The Morgan fingerprint density at radius 2 is 1.42 bits per heavy atom. The summed E-state index contributed by atoms with van der Waals surface area (Å²) in [4.78, 5) is 20.7. The number of carbonyl (C=O) groups is 2. The Morgan fingerprint density at radius 1 is 0.885 bits per heavy atom. The Morgan fingerprint density at radius 3 is 2.00 bits per heavy atom. The Balaban J connectivity index is 0.000000896. The van der Waals surface area contributed by atoms with Gasteiger partial charge in [-0.2, -0.15) is 0 Å². The molecule has 0 atom stereocenters. The fraction of sp³-hybridized carbons (Fsp3) is 0.833. The molecule has 0 spiro atoms. The Kier molecular flexibility index (Phi) is 16.1. The fourth-order valence-electron chi connectivity index (χ4n) is 2.68. The van der Waals surface area contributed by atoms with E-state index in [-0.39, 0.29) is 0 Å². The van der Waals surface area contributed by atoms with Crippen LogP contribution in [0.4, 0.5) is 0 Å². The lowest BCUT2D eigenvalue weighted by Crippen LogP contribution is -2.41. The van der Waals surface area contributed by atoms with Gasteiger partial charge in [-0.3, -0.25) is 0 Å². The number of unbranched alkanes of at least 4 members (excludes halogenated alkanes) is 5. The zero-order valence-electron chi connectivity index (χ0n) is 16.0. The first-order valence-corrected chi connectivity index (χ1v) is 10.1. The maximum atomic E-state index is 9.10. The molecule has 1 aliphatic rings. The van der Waals surface area contributed by atoms with Crippen molar-refractivity contribution in [2.45, 2.75) is 64.7 Å². The molecule has 1 fully saturated rings. The van der Waals surface area contributed by atoms with Crippen LogP contribution >= 0.6 is 12.2 Å². The lowest BCUT2D eigenvalue weighted by Gasteiger charge is -2.26. The number of nitrogens with zero attached hydrogens (tertiary/aromatic N) is 1. The van der Waals surface area contributed by atoms with Gasteiger partial charge in [-0.15, -0.1) is 0 Å². The standard InChI is InChI=1S/C16H33N3S.C2H2O4/c1-2-3-4-5-6-8-11-17-16(20)18-12-15-19-13-9-7-10-14-19;3-1(4)2(5)6/h2-15H2,1H3,(H2,17,18,20);(H,3,4)(H,5,6). The number of likely N-dealkylation sites (tertiary alicyclic amines) is 1. The molecule has 0 saturated carbocycles. The highest BCUT2D eigenvalue weighted by molar-refractivity contribution is 7.80. The lowest BCUT2D eigenvalue weighted by atomic mass is 10.1. The van der Waals surface area contributed by atoms with Crippen LogP contribution in [0.3, 0.4) is 0 Å². The maximum Gasteiger partial charge on any atom is 0.414 e. The monoisotopic (exact) mass is 389 g/mol. The molecule has 1 rings (SSSR count). The molecule has 0 aromatic carbocycles. The first-order chi connectivity index (χ1) is 12.5. The Labute approximate surface area is 162 Å². The molecule has 7 nitrogen and oxygen atoms in total. The molecule has 8 heteroatoms. The third kappa shape index (κ3) is 16.1. The quantitative estimate of drug-likeness (QED) is 0.257. The van der Waals surface area contributed by atoms with Crippen molar-refractivity contribution in [1.82, 2.24) is 15.5 Å². The van der Waals surface area contributed by atoms with E-state index in [1.807, 2.05) is 0 Å². The predicted octanol–water partition coefficient (Wildman–Crippen LogP) is 2.45. The summed E-state index contributed by atoms with van der Waals surface area (Å²) in [5, 5.41) is 22.2. The molecule has 0 aromatic heterocycles. The van der Waals surface area contributed by atoms with Gasteiger partial charge in [0.2, 0.25) is 0 Å². The molecule has 1 saturated heterocycles. The highest BCUT2D eigenvalue weighted by atomic mass is 32.1. The van der Waals surface area contributed by atoms with Crippen molar-refractivity contribution in [2.24, 2.45) is 0 Å². The first-order valence-electron chi connectivity index (χ1n) is 9.67.